The summed E-state index contributed by atoms with van der Waals surface area (Å²) < 4.78 is 49.0. The van der Waals surface area contributed by atoms with Crippen molar-refractivity contribution >= 4 is 33.6 Å². The fourth-order valence-corrected chi connectivity index (χ4v) is 6.27. The molecule has 1 aromatic carbocycles. The molecule has 2 N–H and O–H groups in total. The fourth-order valence-electron chi connectivity index (χ4n) is 5.12. The van der Waals surface area contributed by atoms with Crippen LogP contribution in [0.2, 0.25) is 5.15 Å². The molecule has 3 heterocycles. The molecule has 0 bridgehead atoms. The van der Waals surface area contributed by atoms with Crippen molar-refractivity contribution in [3.63, 3.8) is 0 Å². The molecule has 3 aromatic rings. The first-order valence-electron chi connectivity index (χ1n) is 13.9. The number of hydrogen-bond acceptors (Lipinski definition) is 7. The van der Waals surface area contributed by atoms with Crippen LogP contribution in [0.4, 0.5) is 9.18 Å². The van der Waals surface area contributed by atoms with Crippen LogP contribution in [0.15, 0.2) is 47.6 Å². The quantitative estimate of drug-likeness (QED) is 0.265. The highest BCUT2D eigenvalue weighted by Crippen LogP contribution is 2.35. The lowest BCUT2D eigenvalue weighted by Gasteiger charge is -2.28. The number of carbonyl (C=O) groups is 2. The van der Waals surface area contributed by atoms with E-state index >= 15 is 0 Å². The number of carboxylic acid groups (broad SMARTS) is 1. The third-order valence-corrected chi connectivity index (χ3v) is 8.66. The molecule has 1 aliphatic heterocycles. The lowest BCUT2D eigenvalue weighted by molar-refractivity contribution is 0.0980. The second-order valence-electron chi connectivity index (χ2n) is 11.7. The van der Waals surface area contributed by atoms with Crippen molar-refractivity contribution in [2.24, 2.45) is 11.8 Å². The van der Waals surface area contributed by atoms with Crippen LogP contribution in [0.3, 0.4) is 0 Å². The maximum absolute atomic E-state index is 14.2. The molecule has 43 heavy (non-hydrogen) atoms. The van der Waals surface area contributed by atoms with Crippen LogP contribution in [0.1, 0.15) is 57.3 Å². The summed E-state index contributed by atoms with van der Waals surface area (Å²) in [7, 11) is -4.32. The number of amides is 2. The van der Waals surface area contributed by atoms with Gasteiger partial charge in [0.05, 0.1) is 17.9 Å². The Hall–Kier alpha value is -3.71. The van der Waals surface area contributed by atoms with Crippen LogP contribution in [0.5, 0.6) is 5.75 Å². The highest BCUT2D eigenvalue weighted by atomic mass is 35.5. The van der Waals surface area contributed by atoms with Gasteiger partial charge in [0.15, 0.2) is 5.03 Å². The van der Waals surface area contributed by atoms with E-state index in [0.29, 0.717) is 37.4 Å². The van der Waals surface area contributed by atoms with E-state index in [9.17, 15) is 27.5 Å². The van der Waals surface area contributed by atoms with Crippen molar-refractivity contribution in [2.75, 3.05) is 13.2 Å². The Balaban J connectivity index is 1.37. The van der Waals surface area contributed by atoms with Crippen LogP contribution >= 0.6 is 11.6 Å². The van der Waals surface area contributed by atoms with Crippen LogP contribution in [0, 0.1) is 17.7 Å². The fraction of sp³-hybridized carbons (Fsp3) is 0.448. The van der Waals surface area contributed by atoms with Gasteiger partial charge in [-0.25, -0.2) is 18.9 Å². The Labute approximate surface area is 255 Å². The lowest BCUT2D eigenvalue weighted by atomic mass is 9.93. The zero-order valence-electron chi connectivity index (χ0n) is 24.4. The van der Waals surface area contributed by atoms with Crippen LogP contribution in [-0.4, -0.2) is 63.9 Å². The first kappa shape index (κ1) is 32.2. The molecule has 2 aromatic heterocycles. The molecule has 0 radical (unpaired) electrons. The number of aromatic nitrogens is 3. The number of aryl methyl sites for hydroxylation is 1. The molecule has 0 saturated carbocycles. The van der Waals surface area contributed by atoms with Crippen molar-refractivity contribution in [3.05, 3.63) is 59.1 Å². The van der Waals surface area contributed by atoms with Crippen LogP contribution < -0.4 is 9.46 Å². The molecule has 2 amide bonds. The van der Waals surface area contributed by atoms with Crippen molar-refractivity contribution in [2.45, 2.75) is 64.1 Å². The summed E-state index contributed by atoms with van der Waals surface area (Å²) in [5.74, 6) is -0.763. The van der Waals surface area contributed by atoms with Gasteiger partial charge in [0, 0.05) is 36.5 Å². The summed E-state index contributed by atoms with van der Waals surface area (Å²) in [6.45, 7) is 9.03. The van der Waals surface area contributed by atoms with Crippen molar-refractivity contribution in [1.29, 1.82) is 0 Å². The first-order valence-corrected chi connectivity index (χ1v) is 15.7. The monoisotopic (exact) mass is 635 g/mol. The number of rotatable bonds is 11. The maximum Gasteiger partial charge on any atom is 0.407 e. The minimum atomic E-state index is -4.32. The number of carbonyl (C=O) groups excluding carboxylic acids is 1. The zero-order valence-corrected chi connectivity index (χ0v) is 26.0. The number of nitrogens with zero attached hydrogens (tertiary/aromatic N) is 4. The Morgan fingerprint density at radius 2 is 1.98 bits per heavy atom. The molecule has 232 valence electrons. The van der Waals surface area contributed by atoms with Crippen molar-refractivity contribution < 1.29 is 32.2 Å². The van der Waals surface area contributed by atoms with E-state index < -0.39 is 33.4 Å². The number of hydrogen-bond donors (Lipinski definition) is 2. The zero-order chi connectivity index (χ0) is 31.5. The van der Waals surface area contributed by atoms with E-state index in [0.717, 1.165) is 12.8 Å². The Kier molecular flexibility index (Phi) is 9.65. The van der Waals surface area contributed by atoms with Gasteiger partial charge in [-0.05, 0) is 75.3 Å². The number of nitrogens with one attached hydrogen (secondary N) is 1. The molecule has 4 rings (SSSR count). The molecule has 11 nitrogen and oxygen atoms in total. The van der Waals surface area contributed by atoms with E-state index in [1.165, 1.54) is 46.1 Å². The molecular weight excluding hydrogens is 601 g/mol. The van der Waals surface area contributed by atoms with Crippen molar-refractivity contribution in [3.8, 4) is 17.0 Å². The predicted octanol–water partition coefficient (Wildman–Crippen LogP) is 5.45. The van der Waals surface area contributed by atoms with Gasteiger partial charge in [-0.3, -0.25) is 9.48 Å². The summed E-state index contributed by atoms with van der Waals surface area (Å²) in [4.78, 5) is 29.9. The highest BCUT2D eigenvalue weighted by Gasteiger charge is 2.40. The summed E-state index contributed by atoms with van der Waals surface area (Å²) >= 11 is 6.24. The molecule has 0 spiro atoms. The van der Waals surface area contributed by atoms with Gasteiger partial charge in [-0.1, -0.05) is 25.4 Å². The number of benzene rings is 1. The average Bonchev–Trinajstić information content (AvgIpc) is 3.51. The normalized spacial score (nSPS) is 16.4. The first-order chi connectivity index (χ1) is 20.1. The van der Waals surface area contributed by atoms with E-state index in [1.54, 1.807) is 6.07 Å². The number of ether oxygens (including phenoxy) is 1. The molecular formula is C29H35ClFN5O6S. The highest BCUT2D eigenvalue weighted by molar-refractivity contribution is 7.90. The lowest BCUT2D eigenvalue weighted by Crippen LogP contribution is -2.41. The second kappa shape index (κ2) is 12.9. The van der Waals surface area contributed by atoms with E-state index in [2.05, 4.69) is 10.1 Å². The van der Waals surface area contributed by atoms with Gasteiger partial charge >= 0.3 is 6.09 Å². The molecule has 0 unspecified atom stereocenters. The Morgan fingerprint density at radius 1 is 1.23 bits per heavy atom. The van der Waals surface area contributed by atoms with Gasteiger partial charge in [0.2, 0.25) is 0 Å². The molecule has 14 heteroatoms. The molecule has 1 aliphatic rings. The third kappa shape index (κ3) is 8.02. The number of halogens is 2. The molecule has 1 saturated heterocycles. The predicted molar refractivity (Wildman–Crippen MR) is 158 cm³/mol. The van der Waals surface area contributed by atoms with Crippen LogP contribution in [-0.2, 0) is 16.6 Å². The summed E-state index contributed by atoms with van der Waals surface area (Å²) in [5.41, 5.74) is 0.0393. The smallest absolute Gasteiger partial charge is 0.407 e. The Bertz CT molecular complexity index is 1610. The number of sulfonamides is 1. The van der Waals surface area contributed by atoms with Gasteiger partial charge < -0.3 is 14.7 Å². The van der Waals surface area contributed by atoms with E-state index in [1.807, 2.05) is 32.4 Å². The maximum atomic E-state index is 14.2. The molecule has 1 atom stereocenters. The van der Waals surface area contributed by atoms with E-state index in [4.69, 9.17) is 16.3 Å². The van der Waals surface area contributed by atoms with Gasteiger partial charge in [0.1, 0.15) is 16.7 Å². The summed E-state index contributed by atoms with van der Waals surface area (Å²) in [6, 6.07) is 8.14. The summed E-state index contributed by atoms with van der Waals surface area (Å²) in [6.07, 6.45) is 2.75. The van der Waals surface area contributed by atoms with Crippen molar-refractivity contribution in [1.82, 2.24) is 24.4 Å². The second-order valence-corrected chi connectivity index (χ2v) is 13.7. The third-order valence-electron chi connectivity index (χ3n) is 7.15. The topological polar surface area (TPSA) is 144 Å². The number of likely N-dealkylation sites (tertiary alicyclic amines) is 1. The largest absolute Gasteiger partial charge is 0.493 e. The minimum absolute atomic E-state index is 0.184. The average molecular weight is 636 g/mol. The molecule has 0 aliphatic carbocycles. The van der Waals surface area contributed by atoms with Gasteiger partial charge in [-0.2, -0.15) is 13.5 Å². The molecule has 1 fully saturated rings. The van der Waals surface area contributed by atoms with Gasteiger partial charge in [-0.15, -0.1) is 0 Å². The van der Waals surface area contributed by atoms with Crippen LogP contribution in [0.25, 0.3) is 11.3 Å². The summed E-state index contributed by atoms with van der Waals surface area (Å²) in [5, 5.41) is 12.9. The SMILES string of the molecule is CC(C)COc1cc(F)cc(-c2ccc(C(=O)NS(=O)(=O)c3ccn(CCC[C@@H]4CN(C(=O)O)C(C)(C)C4)n3)c(Cl)n2)c1. The number of pyridine rings is 1. The van der Waals surface area contributed by atoms with E-state index in [-0.39, 0.29) is 33.3 Å². The van der Waals surface area contributed by atoms with Gasteiger partial charge in [0.25, 0.3) is 15.9 Å². The minimum Gasteiger partial charge on any atom is -0.493 e. The Morgan fingerprint density at radius 3 is 2.63 bits per heavy atom. The standard InChI is InChI=1S/C29H35ClFN5O6S/c1-18(2)17-42-22-13-20(12-21(31)14-22)24-8-7-23(26(30)32-24)27(37)34-43(40,41)25-9-11-35(33-25)10-5-6-19-15-29(3,4)36(16-19)28(38)39/h7-9,11-14,18-19H,5-6,10,15-17H2,1-4H3,(H,34,37)(H,38,39)/t19-/m0/s1.